The number of rotatable bonds is 3. The van der Waals surface area contributed by atoms with E-state index < -0.39 is 0 Å². The molecule has 0 aromatic carbocycles. The Balaban J connectivity index is 2.01. The predicted molar refractivity (Wildman–Crippen MR) is 61.9 cm³/mol. The molecule has 0 saturated carbocycles. The molecule has 0 bridgehead atoms. The molecule has 84 valence electrons. The fourth-order valence-electron chi connectivity index (χ4n) is 1.87. The van der Waals surface area contributed by atoms with E-state index in [-0.39, 0.29) is 11.9 Å². The van der Waals surface area contributed by atoms with Crippen LogP contribution in [0.5, 0.6) is 0 Å². The van der Waals surface area contributed by atoms with E-state index in [1.165, 1.54) is 11.3 Å². The van der Waals surface area contributed by atoms with E-state index in [9.17, 15) is 4.79 Å². The van der Waals surface area contributed by atoms with Gasteiger partial charge >= 0.3 is 0 Å². The lowest BCUT2D eigenvalue weighted by Crippen LogP contribution is -2.35. The molecule has 1 aliphatic rings. The lowest BCUT2D eigenvalue weighted by Gasteiger charge is -2.15. The average molecular weight is 235 g/mol. The van der Waals surface area contributed by atoms with E-state index in [4.69, 9.17) is 5.26 Å². The molecule has 1 atom stereocenters. The molecule has 1 saturated heterocycles. The molecule has 1 aromatic heterocycles. The number of hydrogen-bond donors (Lipinski definition) is 1. The highest BCUT2D eigenvalue weighted by Gasteiger charge is 2.30. The first kappa shape index (κ1) is 11.1. The van der Waals surface area contributed by atoms with Crippen LogP contribution in [0.15, 0.2) is 11.4 Å². The Labute approximate surface area is 98.5 Å². The van der Waals surface area contributed by atoms with Crippen molar-refractivity contribution in [3.8, 4) is 6.07 Å². The van der Waals surface area contributed by atoms with Crippen molar-refractivity contribution < 1.29 is 4.79 Å². The molecule has 1 fully saturated rings. The second-order valence-electron chi connectivity index (χ2n) is 3.80. The summed E-state index contributed by atoms with van der Waals surface area (Å²) in [6.45, 7) is 1.42. The maximum Gasteiger partial charge on any atom is 0.240 e. The fourth-order valence-corrected chi connectivity index (χ4v) is 2.70. The molecule has 16 heavy (non-hydrogen) atoms. The Bertz CT molecular complexity index is 435. The smallest absolute Gasteiger partial charge is 0.240 e. The Morgan fingerprint density at radius 3 is 3.12 bits per heavy atom. The highest BCUT2D eigenvalue weighted by atomic mass is 32.1. The van der Waals surface area contributed by atoms with Gasteiger partial charge in [0, 0.05) is 16.8 Å². The monoisotopic (exact) mass is 235 g/mol. The van der Waals surface area contributed by atoms with Gasteiger partial charge in [-0.05, 0) is 19.5 Å². The van der Waals surface area contributed by atoms with E-state index >= 15 is 0 Å². The number of thiophene rings is 1. The molecule has 2 heterocycles. The number of likely N-dealkylation sites (tertiary alicyclic amines) is 1. The van der Waals surface area contributed by atoms with Crippen LogP contribution in [0, 0.1) is 11.3 Å². The van der Waals surface area contributed by atoms with E-state index in [1.807, 2.05) is 23.4 Å². The maximum atomic E-state index is 11.8. The topological polar surface area (TPSA) is 56.1 Å². The molecule has 4 nitrogen and oxygen atoms in total. The lowest BCUT2D eigenvalue weighted by atomic mass is 10.2. The van der Waals surface area contributed by atoms with Crippen LogP contribution < -0.4 is 5.32 Å². The van der Waals surface area contributed by atoms with Crippen LogP contribution in [0.2, 0.25) is 0 Å². The number of carbonyl (C=O) groups excluding carboxylic acids is 1. The Morgan fingerprint density at radius 2 is 2.56 bits per heavy atom. The molecular formula is C11H13N3OS. The van der Waals surface area contributed by atoms with E-state index in [0.29, 0.717) is 12.1 Å². The highest BCUT2D eigenvalue weighted by Crippen LogP contribution is 2.19. The minimum atomic E-state index is -0.0320. The first-order valence-corrected chi connectivity index (χ1v) is 6.06. The number of likely N-dealkylation sites (N-methyl/N-ethyl adjacent to an activating group) is 1. The van der Waals surface area contributed by atoms with Gasteiger partial charge < -0.3 is 10.2 Å². The van der Waals surface area contributed by atoms with Crippen molar-refractivity contribution in [1.82, 2.24) is 10.2 Å². The molecule has 0 aliphatic carbocycles. The summed E-state index contributed by atoms with van der Waals surface area (Å²) in [5.74, 6) is 0.161. The number of hydrogen-bond acceptors (Lipinski definition) is 4. The van der Waals surface area contributed by atoms with Crippen molar-refractivity contribution in [3.63, 3.8) is 0 Å². The third kappa shape index (κ3) is 2.08. The summed E-state index contributed by atoms with van der Waals surface area (Å²) in [4.78, 5) is 14.7. The number of nitriles is 1. The van der Waals surface area contributed by atoms with Gasteiger partial charge in [-0.25, -0.2) is 0 Å². The molecule has 0 unspecified atom stereocenters. The van der Waals surface area contributed by atoms with Crippen LogP contribution in [-0.2, 0) is 11.3 Å². The van der Waals surface area contributed by atoms with Gasteiger partial charge in [-0.3, -0.25) is 4.79 Å². The third-order valence-corrected chi connectivity index (χ3v) is 3.70. The van der Waals surface area contributed by atoms with Crippen molar-refractivity contribution in [2.24, 2.45) is 0 Å². The Kier molecular flexibility index (Phi) is 3.22. The standard InChI is InChI=1S/C11H13N3OS/c1-13-10-2-3-14(11(10)15)6-9-4-8(5-12)7-16-9/h4,7,10,13H,2-3,6H2,1H3/t10-/m0/s1. The number of nitrogens with zero attached hydrogens (tertiary/aromatic N) is 2. The van der Waals surface area contributed by atoms with Crippen LogP contribution in [0.3, 0.4) is 0 Å². The summed E-state index contributed by atoms with van der Waals surface area (Å²) in [5.41, 5.74) is 0.678. The van der Waals surface area contributed by atoms with Crippen LogP contribution in [0.1, 0.15) is 16.9 Å². The Hall–Kier alpha value is -1.38. The zero-order chi connectivity index (χ0) is 11.5. The second-order valence-corrected chi connectivity index (χ2v) is 4.80. The lowest BCUT2D eigenvalue weighted by molar-refractivity contribution is -0.129. The number of nitrogens with one attached hydrogen (secondary N) is 1. The minimum absolute atomic E-state index is 0.0320. The van der Waals surface area contributed by atoms with Gasteiger partial charge in [0.15, 0.2) is 0 Å². The molecular weight excluding hydrogens is 222 g/mol. The zero-order valence-corrected chi connectivity index (χ0v) is 9.88. The maximum absolute atomic E-state index is 11.8. The van der Waals surface area contributed by atoms with Crippen molar-refractivity contribution in [2.75, 3.05) is 13.6 Å². The van der Waals surface area contributed by atoms with Gasteiger partial charge in [-0.1, -0.05) is 0 Å². The van der Waals surface area contributed by atoms with Crippen molar-refractivity contribution in [3.05, 3.63) is 21.9 Å². The fraction of sp³-hybridized carbons (Fsp3) is 0.455. The predicted octanol–water partition coefficient (Wildman–Crippen LogP) is 0.940. The van der Waals surface area contributed by atoms with Crippen LogP contribution in [0.25, 0.3) is 0 Å². The van der Waals surface area contributed by atoms with E-state index in [2.05, 4.69) is 11.4 Å². The molecule has 1 aliphatic heterocycles. The molecule has 0 spiro atoms. The summed E-state index contributed by atoms with van der Waals surface area (Å²) in [6.07, 6.45) is 0.867. The summed E-state index contributed by atoms with van der Waals surface area (Å²) in [5, 5.41) is 13.5. The minimum Gasteiger partial charge on any atom is -0.336 e. The van der Waals surface area contributed by atoms with Crippen LogP contribution >= 0.6 is 11.3 Å². The van der Waals surface area contributed by atoms with Gasteiger partial charge in [-0.15, -0.1) is 11.3 Å². The summed E-state index contributed by atoms with van der Waals surface area (Å²) in [6, 6.07) is 3.92. The van der Waals surface area contributed by atoms with E-state index in [1.54, 1.807) is 0 Å². The Morgan fingerprint density at radius 1 is 1.75 bits per heavy atom. The van der Waals surface area contributed by atoms with Gasteiger partial charge in [0.25, 0.3) is 0 Å². The van der Waals surface area contributed by atoms with Crippen molar-refractivity contribution in [1.29, 1.82) is 5.26 Å². The number of amides is 1. The highest BCUT2D eigenvalue weighted by molar-refractivity contribution is 7.10. The third-order valence-electron chi connectivity index (χ3n) is 2.78. The van der Waals surface area contributed by atoms with E-state index in [0.717, 1.165) is 17.8 Å². The molecule has 5 heteroatoms. The first-order valence-electron chi connectivity index (χ1n) is 5.18. The second kappa shape index (κ2) is 4.64. The molecule has 1 N–H and O–H groups in total. The van der Waals surface area contributed by atoms with Crippen molar-refractivity contribution in [2.45, 2.75) is 19.0 Å². The van der Waals surface area contributed by atoms with Gasteiger partial charge in [0.05, 0.1) is 18.2 Å². The molecule has 1 aromatic rings. The van der Waals surface area contributed by atoms with Crippen molar-refractivity contribution >= 4 is 17.2 Å². The summed E-state index contributed by atoms with van der Waals surface area (Å²) >= 11 is 1.54. The summed E-state index contributed by atoms with van der Waals surface area (Å²) in [7, 11) is 1.81. The molecule has 2 rings (SSSR count). The normalized spacial score (nSPS) is 20.1. The zero-order valence-electron chi connectivity index (χ0n) is 9.06. The van der Waals surface area contributed by atoms with Crippen LogP contribution in [0.4, 0.5) is 0 Å². The molecule has 1 amide bonds. The largest absolute Gasteiger partial charge is 0.336 e. The van der Waals surface area contributed by atoms with Crippen LogP contribution in [-0.4, -0.2) is 30.4 Å². The summed E-state index contributed by atoms with van der Waals surface area (Å²) < 4.78 is 0. The van der Waals surface area contributed by atoms with Gasteiger partial charge in [0.2, 0.25) is 5.91 Å². The first-order chi connectivity index (χ1) is 7.74. The van der Waals surface area contributed by atoms with Gasteiger partial charge in [-0.2, -0.15) is 5.26 Å². The SMILES string of the molecule is CN[C@H]1CCN(Cc2cc(C#N)cs2)C1=O. The number of carbonyl (C=O) groups is 1. The quantitative estimate of drug-likeness (QED) is 0.848. The average Bonchev–Trinajstić information content (AvgIpc) is 2.88. The molecule has 0 radical (unpaired) electrons. The van der Waals surface area contributed by atoms with Gasteiger partial charge in [0.1, 0.15) is 6.07 Å².